The first-order valence-corrected chi connectivity index (χ1v) is 11.9. The van der Waals surface area contributed by atoms with Crippen LogP contribution in [0.1, 0.15) is 52.7 Å². The van der Waals surface area contributed by atoms with Gasteiger partial charge in [-0.25, -0.2) is 0 Å². The molecule has 0 radical (unpaired) electrons. The number of hydrogen-bond acceptors (Lipinski definition) is 3. The lowest BCUT2D eigenvalue weighted by Crippen LogP contribution is -2.39. The Balaban J connectivity index is 2.20. The first-order chi connectivity index (χ1) is 11.7. The monoisotopic (exact) mass is 380 g/mol. The fourth-order valence-electron chi connectivity index (χ4n) is 3.06. The van der Waals surface area contributed by atoms with Crippen LogP contribution in [0.15, 0.2) is 18.2 Å². The van der Waals surface area contributed by atoms with E-state index in [0.717, 1.165) is 25.0 Å². The zero-order valence-corrected chi connectivity index (χ0v) is 17.4. The number of halogens is 1. The highest BCUT2D eigenvalue weighted by Crippen LogP contribution is 2.42. The summed E-state index contributed by atoms with van der Waals surface area (Å²) in [6.45, 7) is 12.4. The first-order valence-electron chi connectivity index (χ1n) is 8.94. The van der Waals surface area contributed by atoms with E-state index < -0.39 is 24.7 Å². The van der Waals surface area contributed by atoms with Crippen molar-refractivity contribution >= 4 is 24.9 Å². The summed E-state index contributed by atoms with van der Waals surface area (Å²) in [6, 6.07) is 4.34. The van der Waals surface area contributed by atoms with E-state index in [9.17, 15) is 19.3 Å². The second kappa shape index (κ2) is 6.77. The number of nitro groups is 1. The Morgan fingerprint density at radius 2 is 1.81 bits per heavy atom. The quantitative estimate of drug-likeness (QED) is 0.370. The van der Waals surface area contributed by atoms with Gasteiger partial charge in [0.05, 0.1) is 4.92 Å². The molecule has 0 aliphatic rings. The van der Waals surface area contributed by atoms with Crippen LogP contribution in [0.5, 0.6) is 0 Å². The second-order valence-electron chi connectivity index (χ2n) is 9.01. The van der Waals surface area contributed by atoms with Crippen molar-refractivity contribution in [2.75, 3.05) is 0 Å². The molecule has 26 heavy (non-hydrogen) atoms. The van der Waals surface area contributed by atoms with Crippen molar-refractivity contribution in [1.29, 1.82) is 0 Å². The Morgan fingerprint density at radius 3 is 2.35 bits per heavy atom. The van der Waals surface area contributed by atoms with E-state index in [2.05, 4.69) is 32.7 Å². The molecule has 2 N–H and O–H groups in total. The van der Waals surface area contributed by atoms with Gasteiger partial charge < -0.3 is 9.78 Å². The molecule has 0 aliphatic carbocycles. The summed E-state index contributed by atoms with van der Waals surface area (Å²) in [5, 5.41) is 11.5. The summed E-state index contributed by atoms with van der Waals surface area (Å²) in [5.74, 6) is -0.828. The Labute approximate surface area is 154 Å². The number of aromatic amines is 1. The third kappa shape index (κ3) is 4.15. The summed E-state index contributed by atoms with van der Waals surface area (Å²) in [4.78, 5) is 23.9. The maximum atomic E-state index is 13.8. The summed E-state index contributed by atoms with van der Waals surface area (Å²) in [5.41, 5.74) is 0.825. The summed E-state index contributed by atoms with van der Waals surface area (Å²) < 4.78 is 13.8. The molecule has 2 rings (SSSR count). The molecule has 5 nitrogen and oxygen atoms in total. The second-order valence-corrected chi connectivity index (χ2v) is 13.5. The van der Waals surface area contributed by atoms with Gasteiger partial charge in [0, 0.05) is 34.1 Å². The minimum atomic E-state index is -2.22. The molecule has 1 heterocycles. The van der Waals surface area contributed by atoms with Crippen molar-refractivity contribution in [3.63, 3.8) is 0 Å². The van der Waals surface area contributed by atoms with Gasteiger partial charge in [0.25, 0.3) is 0 Å². The molecule has 1 aromatic heterocycles. The molecule has 0 aliphatic heterocycles. The topological polar surface area (TPSA) is 79.2 Å². The van der Waals surface area contributed by atoms with E-state index in [0.29, 0.717) is 10.9 Å². The molecule has 0 saturated carbocycles. The molecule has 7 heteroatoms. The van der Waals surface area contributed by atoms with Crippen LogP contribution < -0.4 is 0 Å². The highest BCUT2D eigenvalue weighted by atomic mass is 28.4. The number of fused-ring (bicyclic) bond motifs is 1. The number of nitrogens with one attached hydrogen (secondary N) is 1. The minimum absolute atomic E-state index is 0.0622. The fourth-order valence-corrected chi connectivity index (χ4v) is 3.85. The third-order valence-electron chi connectivity index (χ3n) is 5.87. The number of benzene rings is 1. The molecule has 1 aromatic carbocycles. The molecular weight excluding hydrogens is 351 g/mol. The van der Waals surface area contributed by atoms with E-state index in [4.69, 9.17) is 0 Å². The Hall–Kier alpha value is -1.73. The molecule has 0 saturated heterocycles. The lowest BCUT2D eigenvalue weighted by Gasteiger charge is -2.36. The van der Waals surface area contributed by atoms with E-state index in [1.54, 1.807) is 0 Å². The van der Waals surface area contributed by atoms with Crippen molar-refractivity contribution in [1.82, 2.24) is 4.98 Å². The molecule has 2 aromatic rings. The van der Waals surface area contributed by atoms with E-state index in [1.165, 1.54) is 12.1 Å². The molecule has 0 unspecified atom stereocenters. The number of nitro benzene ring substituents is 1. The van der Waals surface area contributed by atoms with Crippen LogP contribution in [0.4, 0.5) is 10.1 Å². The summed E-state index contributed by atoms with van der Waals surface area (Å²) in [6.07, 6.45) is 2.80. The Kier molecular flexibility index (Phi) is 5.36. The standard InChI is InChI=1S/C19H29FN2O3Si/c1-18(2,8-7-9-19(3,4)26(5,6)25)17-11-13-10-16(22(23)24)14(20)12-15(13)21-17/h10-12,21,25H,7-9H2,1-6H3. The van der Waals surface area contributed by atoms with E-state index in [1.807, 2.05) is 19.2 Å². The highest BCUT2D eigenvalue weighted by molar-refractivity contribution is 6.72. The molecule has 0 spiro atoms. The van der Waals surface area contributed by atoms with Crippen LogP contribution >= 0.6 is 0 Å². The third-order valence-corrected chi connectivity index (χ3v) is 9.44. The largest absolute Gasteiger partial charge is 0.432 e. The normalized spacial score (nSPS) is 13.4. The van der Waals surface area contributed by atoms with Gasteiger partial charge in [0.15, 0.2) is 8.32 Å². The van der Waals surface area contributed by atoms with Crippen molar-refractivity contribution in [3.8, 4) is 0 Å². The van der Waals surface area contributed by atoms with E-state index in [-0.39, 0.29) is 10.5 Å². The van der Waals surface area contributed by atoms with Crippen molar-refractivity contribution in [3.05, 3.63) is 39.8 Å². The summed E-state index contributed by atoms with van der Waals surface area (Å²) >= 11 is 0. The first kappa shape index (κ1) is 20.6. The van der Waals surface area contributed by atoms with Crippen LogP contribution in [-0.4, -0.2) is 23.0 Å². The maximum Gasteiger partial charge on any atom is 0.305 e. The molecule has 0 atom stereocenters. The van der Waals surface area contributed by atoms with Gasteiger partial charge >= 0.3 is 5.69 Å². The van der Waals surface area contributed by atoms with Crippen LogP contribution in [0, 0.1) is 15.9 Å². The zero-order chi connectivity index (χ0) is 19.9. The molecule has 0 bridgehead atoms. The zero-order valence-electron chi connectivity index (χ0n) is 16.4. The van der Waals surface area contributed by atoms with Crippen molar-refractivity contribution in [2.24, 2.45) is 0 Å². The molecular formula is C19H29FN2O3Si. The lowest BCUT2D eigenvalue weighted by molar-refractivity contribution is -0.387. The number of H-pyrrole nitrogens is 1. The Morgan fingerprint density at radius 1 is 1.19 bits per heavy atom. The predicted octanol–water partition coefficient (Wildman–Crippen LogP) is 5.64. The number of nitrogens with zero attached hydrogens (tertiary/aromatic N) is 1. The molecule has 0 fully saturated rings. The van der Waals surface area contributed by atoms with Gasteiger partial charge in [-0.3, -0.25) is 10.1 Å². The van der Waals surface area contributed by atoms with Crippen LogP contribution in [0.25, 0.3) is 10.9 Å². The molecule has 0 amide bonds. The maximum absolute atomic E-state index is 13.8. The predicted molar refractivity (Wildman–Crippen MR) is 106 cm³/mol. The number of aromatic nitrogens is 1. The highest BCUT2D eigenvalue weighted by Gasteiger charge is 2.37. The number of hydrogen-bond donors (Lipinski definition) is 2. The van der Waals surface area contributed by atoms with Crippen molar-refractivity contribution in [2.45, 2.75) is 70.5 Å². The van der Waals surface area contributed by atoms with Gasteiger partial charge in [-0.05, 0) is 37.0 Å². The van der Waals surface area contributed by atoms with Crippen molar-refractivity contribution < 1.29 is 14.1 Å². The SMILES string of the molecule is CC(C)(CCCC(C)(C)[Si](C)(C)O)c1cc2cc([N+](=O)[O-])c(F)cc2[nH]1. The van der Waals surface area contributed by atoms with Gasteiger partial charge in [-0.1, -0.05) is 34.1 Å². The van der Waals surface area contributed by atoms with Crippen LogP contribution in [-0.2, 0) is 5.41 Å². The lowest BCUT2D eigenvalue weighted by atomic mass is 9.83. The fraction of sp³-hybridized carbons (Fsp3) is 0.579. The van der Waals surface area contributed by atoms with Gasteiger partial charge in [-0.15, -0.1) is 0 Å². The minimum Gasteiger partial charge on any atom is -0.432 e. The van der Waals surface area contributed by atoms with Gasteiger partial charge in [0.2, 0.25) is 5.82 Å². The van der Waals surface area contributed by atoms with Crippen LogP contribution in [0.2, 0.25) is 18.1 Å². The average Bonchev–Trinajstić information content (AvgIpc) is 2.88. The average molecular weight is 381 g/mol. The number of rotatable bonds is 7. The smallest absolute Gasteiger partial charge is 0.305 e. The van der Waals surface area contributed by atoms with Crippen LogP contribution in [0.3, 0.4) is 0 Å². The summed E-state index contributed by atoms with van der Waals surface area (Å²) in [7, 11) is -2.22. The molecule has 144 valence electrons. The Bertz CT molecular complexity index is 822. The van der Waals surface area contributed by atoms with E-state index >= 15 is 0 Å². The van der Waals surface area contributed by atoms with Gasteiger partial charge in [-0.2, -0.15) is 4.39 Å². The van der Waals surface area contributed by atoms with Gasteiger partial charge in [0.1, 0.15) is 0 Å².